The van der Waals surface area contributed by atoms with Crippen LogP contribution in [0.1, 0.15) is 25.1 Å². The SMILES string of the molecule is O=C(CSc1nnc2n1CCCCC2)NC(=O)[C@H]1COc2ccccc2O1. The molecule has 8 nitrogen and oxygen atoms in total. The Morgan fingerprint density at radius 3 is 2.93 bits per heavy atom. The molecule has 1 aromatic heterocycles. The van der Waals surface area contributed by atoms with Crippen LogP contribution in [-0.2, 0) is 22.6 Å². The van der Waals surface area contributed by atoms with Crippen LogP contribution < -0.4 is 14.8 Å². The second-order valence-corrected chi connectivity index (χ2v) is 7.37. The fourth-order valence-corrected chi connectivity index (χ4v) is 3.88. The quantitative estimate of drug-likeness (QED) is 0.795. The first-order valence-corrected chi connectivity index (χ1v) is 9.96. The topological polar surface area (TPSA) is 95.3 Å². The summed E-state index contributed by atoms with van der Waals surface area (Å²) in [6.45, 7) is 0.943. The van der Waals surface area contributed by atoms with Crippen LogP contribution in [0, 0.1) is 0 Å². The second kappa shape index (κ2) is 7.99. The standard InChI is InChI=1S/C18H20N4O4S/c23-16(11-27-18-21-20-15-8-2-1-5-9-22(15)18)19-17(24)14-10-25-12-6-3-4-7-13(12)26-14/h3-4,6-7,14H,1-2,5,8-11H2,(H,19,23,24)/t14-/m1/s1. The van der Waals surface area contributed by atoms with Crippen LogP contribution in [0.2, 0.25) is 0 Å². The summed E-state index contributed by atoms with van der Waals surface area (Å²) in [4.78, 5) is 24.4. The third-order valence-electron chi connectivity index (χ3n) is 4.47. The van der Waals surface area contributed by atoms with Crippen LogP contribution in [0.4, 0.5) is 0 Å². The van der Waals surface area contributed by atoms with Gasteiger partial charge in [-0.3, -0.25) is 14.9 Å². The summed E-state index contributed by atoms with van der Waals surface area (Å²) in [6, 6.07) is 7.12. The Labute approximate surface area is 160 Å². The summed E-state index contributed by atoms with van der Waals surface area (Å²) >= 11 is 1.29. The van der Waals surface area contributed by atoms with Crippen LogP contribution in [-0.4, -0.2) is 45.0 Å². The number of imide groups is 1. The van der Waals surface area contributed by atoms with Crippen molar-refractivity contribution in [3.63, 3.8) is 0 Å². The maximum absolute atomic E-state index is 12.3. The Morgan fingerprint density at radius 1 is 1.19 bits per heavy atom. The summed E-state index contributed by atoms with van der Waals surface area (Å²) < 4.78 is 13.2. The van der Waals surface area contributed by atoms with Gasteiger partial charge in [0.1, 0.15) is 12.4 Å². The number of ether oxygens (including phenoxy) is 2. The van der Waals surface area contributed by atoms with Crippen molar-refractivity contribution in [2.24, 2.45) is 0 Å². The number of para-hydroxylation sites is 2. The van der Waals surface area contributed by atoms with E-state index in [0.717, 1.165) is 36.8 Å². The van der Waals surface area contributed by atoms with Gasteiger partial charge in [0.2, 0.25) is 12.0 Å². The maximum atomic E-state index is 12.3. The van der Waals surface area contributed by atoms with Crippen molar-refractivity contribution in [2.75, 3.05) is 12.4 Å². The van der Waals surface area contributed by atoms with E-state index < -0.39 is 17.9 Å². The summed E-state index contributed by atoms with van der Waals surface area (Å²) in [6.07, 6.45) is 3.44. The lowest BCUT2D eigenvalue weighted by Gasteiger charge is -2.25. The largest absolute Gasteiger partial charge is 0.485 e. The molecule has 3 heterocycles. The number of nitrogens with zero attached hydrogens (tertiary/aromatic N) is 3. The molecule has 142 valence electrons. The number of hydrogen-bond donors (Lipinski definition) is 1. The molecule has 0 fully saturated rings. The minimum absolute atomic E-state index is 0.0704. The first-order chi connectivity index (χ1) is 13.2. The third-order valence-corrected chi connectivity index (χ3v) is 5.44. The van der Waals surface area contributed by atoms with Gasteiger partial charge in [0.25, 0.3) is 5.91 Å². The van der Waals surface area contributed by atoms with Gasteiger partial charge in [0.05, 0.1) is 5.75 Å². The second-order valence-electron chi connectivity index (χ2n) is 6.43. The summed E-state index contributed by atoms with van der Waals surface area (Å²) in [5.41, 5.74) is 0. The first kappa shape index (κ1) is 17.8. The van der Waals surface area contributed by atoms with Crippen LogP contribution in [0.25, 0.3) is 0 Å². The Bertz CT molecular complexity index is 854. The normalized spacial score (nSPS) is 18.3. The molecule has 0 aliphatic carbocycles. The third kappa shape index (κ3) is 4.08. The lowest BCUT2D eigenvalue weighted by Crippen LogP contribution is -2.46. The highest BCUT2D eigenvalue weighted by molar-refractivity contribution is 7.99. The molecule has 2 amide bonds. The fourth-order valence-electron chi connectivity index (χ4n) is 3.10. The minimum Gasteiger partial charge on any atom is -0.485 e. The van der Waals surface area contributed by atoms with E-state index in [9.17, 15) is 9.59 Å². The van der Waals surface area contributed by atoms with E-state index in [4.69, 9.17) is 9.47 Å². The van der Waals surface area contributed by atoms with Crippen LogP contribution in [0.3, 0.4) is 0 Å². The molecule has 0 radical (unpaired) electrons. The predicted octanol–water partition coefficient (Wildman–Crippen LogP) is 1.58. The molecule has 0 spiro atoms. The molecule has 2 aromatic rings. The van der Waals surface area contributed by atoms with Gasteiger partial charge in [-0.15, -0.1) is 10.2 Å². The average molecular weight is 388 g/mol. The number of carbonyl (C=O) groups is 2. The monoisotopic (exact) mass is 388 g/mol. The summed E-state index contributed by atoms with van der Waals surface area (Å²) in [5, 5.41) is 11.5. The summed E-state index contributed by atoms with van der Waals surface area (Å²) in [5.74, 6) is 1.26. The molecule has 2 aliphatic heterocycles. The number of carbonyl (C=O) groups excluding carboxylic acids is 2. The minimum atomic E-state index is -0.849. The van der Waals surface area contributed by atoms with E-state index in [0.29, 0.717) is 11.5 Å². The first-order valence-electron chi connectivity index (χ1n) is 8.98. The van der Waals surface area contributed by atoms with Crippen LogP contribution in [0.15, 0.2) is 29.4 Å². The van der Waals surface area contributed by atoms with Gasteiger partial charge >= 0.3 is 0 Å². The summed E-state index contributed by atoms with van der Waals surface area (Å²) in [7, 11) is 0. The molecule has 2 aliphatic rings. The molecule has 0 bridgehead atoms. The van der Waals surface area contributed by atoms with Crippen molar-refractivity contribution in [3.8, 4) is 11.5 Å². The Balaban J connectivity index is 1.30. The lowest BCUT2D eigenvalue weighted by atomic mass is 10.2. The Hall–Kier alpha value is -2.55. The number of aromatic nitrogens is 3. The number of aryl methyl sites for hydroxylation is 1. The highest BCUT2D eigenvalue weighted by Gasteiger charge is 2.28. The molecule has 27 heavy (non-hydrogen) atoms. The van der Waals surface area contributed by atoms with Crippen LogP contribution in [0.5, 0.6) is 11.5 Å². The Kier molecular flexibility index (Phi) is 5.28. The number of nitrogens with one attached hydrogen (secondary N) is 1. The smallest absolute Gasteiger partial charge is 0.271 e. The number of hydrogen-bond acceptors (Lipinski definition) is 7. The van der Waals surface area contributed by atoms with Crippen molar-refractivity contribution in [2.45, 2.75) is 43.5 Å². The van der Waals surface area contributed by atoms with Crippen molar-refractivity contribution in [1.82, 2.24) is 20.1 Å². The zero-order valence-corrected chi connectivity index (χ0v) is 15.5. The number of benzene rings is 1. The van der Waals surface area contributed by atoms with Gasteiger partial charge in [-0.2, -0.15) is 0 Å². The molecular weight excluding hydrogens is 368 g/mol. The van der Waals surface area contributed by atoms with E-state index >= 15 is 0 Å². The fraction of sp³-hybridized carbons (Fsp3) is 0.444. The number of fused-ring (bicyclic) bond motifs is 2. The van der Waals surface area contributed by atoms with E-state index in [1.165, 1.54) is 18.2 Å². The molecule has 1 aromatic carbocycles. The average Bonchev–Trinajstić information content (AvgIpc) is 2.92. The highest BCUT2D eigenvalue weighted by Crippen LogP contribution is 2.30. The van der Waals surface area contributed by atoms with Crippen molar-refractivity contribution < 1.29 is 19.1 Å². The van der Waals surface area contributed by atoms with Gasteiger partial charge in [-0.1, -0.05) is 30.3 Å². The van der Waals surface area contributed by atoms with Gasteiger partial charge < -0.3 is 14.0 Å². The number of amides is 2. The van der Waals surface area contributed by atoms with Gasteiger partial charge in [0.15, 0.2) is 16.7 Å². The molecule has 9 heteroatoms. The molecule has 0 saturated carbocycles. The van der Waals surface area contributed by atoms with E-state index in [2.05, 4.69) is 20.1 Å². The van der Waals surface area contributed by atoms with Crippen molar-refractivity contribution >= 4 is 23.6 Å². The van der Waals surface area contributed by atoms with Gasteiger partial charge in [-0.05, 0) is 25.0 Å². The zero-order valence-electron chi connectivity index (χ0n) is 14.7. The predicted molar refractivity (Wildman–Crippen MR) is 97.8 cm³/mol. The zero-order chi connectivity index (χ0) is 18.6. The lowest BCUT2D eigenvalue weighted by molar-refractivity contribution is -0.135. The van der Waals surface area contributed by atoms with E-state index in [-0.39, 0.29) is 12.4 Å². The number of thioether (sulfide) groups is 1. The van der Waals surface area contributed by atoms with Gasteiger partial charge in [0, 0.05) is 13.0 Å². The maximum Gasteiger partial charge on any atom is 0.271 e. The number of rotatable bonds is 4. The molecule has 4 rings (SSSR count). The Morgan fingerprint density at radius 2 is 2.04 bits per heavy atom. The highest BCUT2D eigenvalue weighted by atomic mass is 32.2. The molecule has 0 saturated heterocycles. The van der Waals surface area contributed by atoms with E-state index in [1.807, 2.05) is 6.07 Å². The van der Waals surface area contributed by atoms with Gasteiger partial charge in [-0.25, -0.2) is 0 Å². The van der Waals surface area contributed by atoms with Crippen molar-refractivity contribution in [3.05, 3.63) is 30.1 Å². The molecule has 1 N–H and O–H groups in total. The van der Waals surface area contributed by atoms with Crippen LogP contribution >= 0.6 is 11.8 Å². The van der Waals surface area contributed by atoms with E-state index in [1.54, 1.807) is 18.2 Å². The van der Waals surface area contributed by atoms with Crippen molar-refractivity contribution in [1.29, 1.82) is 0 Å². The molecular formula is C18H20N4O4S. The molecule has 0 unspecified atom stereocenters. The molecule has 1 atom stereocenters.